The highest BCUT2D eigenvalue weighted by Gasteiger charge is 2.32. The van der Waals surface area contributed by atoms with E-state index >= 15 is 0 Å². The van der Waals surface area contributed by atoms with E-state index in [1.807, 2.05) is 0 Å². The second kappa shape index (κ2) is 7.31. The Hall–Kier alpha value is -3.40. The molecule has 0 atom stereocenters. The smallest absolute Gasteiger partial charge is 0.337 e. The number of hydrogen-bond donors (Lipinski definition) is 1. The predicted molar refractivity (Wildman–Crippen MR) is 102 cm³/mol. The van der Waals surface area contributed by atoms with Gasteiger partial charge in [-0.2, -0.15) is 13.5 Å². The van der Waals surface area contributed by atoms with Crippen molar-refractivity contribution in [1.82, 2.24) is 5.01 Å². The Kier molecular flexibility index (Phi) is 5.06. The van der Waals surface area contributed by atoms with Gasteiger partial charge < -0.3 is 14.6 Å². The quantitative estimate of drug-likeness (QED) is 0.468. The maximum Gasteiger partial charge on any atom is 0.337 e. The van der Waals surface area contributed by atoms with Crippen molar-refractivity contribution < 1.29 is 27.8 Å². The van der Waals surface area contributed by atoms with Gasteiger partial charge in [-0.1, -0.05) is 0 Å². The standard InChI is InChI=1S/C18H17N3O6S/c1-21(19-10-11-4-7-14(22)15(8-11)26-2)17-13-6-5-12(18(23)27-3)9-16(13)28(24,25)20-17/h4-10,22H,1-3H3/b19-10+. The Morgan fingerprint density at radius 2 is 1.96 bits per heavy atom. The molecule has 1 aliphatic rings. The number of esters is 1. The number of fused-ring (bicyclic) bond motifs is 1. The van der Waals surface area contributed by atoms with E-state index in [9.17, 15) is 18.3 Å². The number of carbonyl (C=O) groups is 1. The van der Waals surface area contributed by atoms with Crippen LogP contribution in [-0.4, -0.2) is 57.8 Å². The second-order valence-corrected chi connectivity index (χ2v) is 7.36. The van der Waals surface area contributed by atoms with Crippen LogP contribution in [0.1, 0.15) is 21.5 Å². The SMILES string of the molecule is COC(=O)c1ccc2c(c1)S(=O)(=O)N=C2N(C)/N=C/c1ccc(O)c(OC)c1. The molecule has 0 unspecified atom stereocenters. The summed E-state index contributed by atoms with van der Waals surface area (Å²) >= 11 is 0. The molecule has 0 aliphatic carbocycles. The molecule has 10 heteroatoms. The van der Waals surface area contributed by atoms with Gasteiger partial charge in [0.25, 0.3) is 10.0 Å². The highest BCUT2D eigenvalue weighted by molar-refractivity contribution is 7.90. The fourth-order valence-electron chi connectivity index (χ4n) is 2.59. The average molecular weight is 403 g/mol. The zero-order valence-electron chi connectivity index (χ0n) is 15.3. The maximum atomic E-state index is 12.4. The number of ether oxygens (including phenoxy) is 2. The first kappa shape index (κ1) is 19.4. The average Bonchev–Trinajstić information content (AvgIpc) is 2.97. The normalized spacial score (nSPS) is 14.5. The van der Waals surface area contributed by atoms with Gasteiger partial charge in [0.2, 0.25) is 0 Å². The summed E-state index contributed by atoms with van der Waals surface area (Å²) in [5.74, 6) is -0.241. The minimum atomic E-state index is -3.95. The van der Waals surface area contributed by atoms with Crippen LogP contribution in [0.2, 0.25) is 0 Å². The van der Waals surface area contributed by atoms with E-state index in [4.69, 9.17) is 4.74 Å². The summed E-state index contributed by atoms with van der Waals surface area (Å²) < 4.78 is 38.1. The molecule has 9 nitrogen and oxygen atoms in total. The van der Waals surface area contributed by atoms with Crippen molar-refractivity contribution in [3.05, 3.63) is 53.1 Å². The number of rotatable bonds is 4. The summed E-state index contributed by atoms with van der Waals surface area (Å²) in [5, 5.41) is 15.1. The molecular formula is C18H17N3O6S. The summed E-state index contributed by atoms with van der Waals surface area (Å²) in [6, 6.07) is 8.84. The lowest BCUT2D eigenvalue weighted by Gasteiger charge is -2.13. The van der Waals surface area contributed by atoms with E-state index in [2.05, 4.69) is 14.2 Å². The lowest BCUT2D eigenvalue weighted by atomic mass is 10.1. The molecule has 1 N–H and O–H groups in total. The third-order valence-corrected chi connectivity index (χ3v) is 5.33. The molecule has 1 aliphatic heterocycles. The molecule has 2 aromatic carbocycles. The van der Waals surface area contributed by atoms with E-state index in [0.29, 0.717) is 11.1 Å². The number of sulfonamides is 1. The Bertz CT molecular complexity index is 1110. The number of phenols is 1. The Morgan fingerprint density at radius 3 is 2.64 bits per heavy atom. The van der Waals surface area contributed by atoms with Crippen molar-refractivity contribution in [1.29, 1.82) is 0 Å². The number of phenolic OH excluding ortho intramolecular Hbond substituents is 1. The summed E-state index contributed by atoms with van der Waals surface area (Å²) in [6.07, 6.45) is 1.47. The molecule has 28 heavy (non-hydrogen) atoms. The molecule has 0 radical (unpaired) electrons. The fourth-order valence-corrected chi connectivity index (χ4v) is 3.85. The maximum absolute atomic E-state index is 12.4. The first-order chi connectivity index (χ1) is 13.3. The van der Waals surface area contributed by atoms with Crippen LogP contribution in [-0.2, 0) is 14.8 Å². The monoisotopic (exact) mass is 403 g/mol. The van der Waals surface area contributed by atoms with Gasteiger partial charge in [0.15, 0.2) is 17.3 Å². The van der Waals surface area contributed by atoms with Gasteiger partial charge in [-0.15, -0.1) is 4.40 Å². The fraction of sp³-hybridized carbons (Fsp3) is 0.167. The number of carbonyl (C=O) groups excluding carboxylic acids is 1. The third kappa shape index (κ3) is 3.54. The molecule has 1 heterocycles. The third-order valence-electron chi connectivity index (χ3n) is 4.02. The molecule has 0 fully saturated rings. The Balaban J connectivity index is 1.92. The lowest BCUT2D eigenvalue weighted by molar-refractivity contribution is 0.0600. The van der Waals surface area contributed by atoms with E-state index in [0.717, 1.165) is 0 Å². The largest absolute Gasteiger partial charge is 0.504 e. The number of nitrogens with zero attached hydrogens (tertiary/aromatic N) is 3. The van der Waals surface area contributed by atoms with E-state index in [1.165, 1.54) is 49.7 Å². The van der Waals surface area contributed by atoms with Crippen LogP contribution in [0.4, 0.5) is 0 Å². The van der Waals surface area contributed by atoms with Gasteiger partial charge >= 0.3 is 5.97 Å². The van der Waals surface area contributed by atoms with E-state index in [1.54, 1.807) is 19.2 Å². The van der Waals surface area contributed by atoms with E-state index < -0.39 is 16.0 Å². The molecule has 0 saturated carbocycles. The van der Waals surface area contributed by atoms with Crippen molar-refractivity contribution in [2.24, 2.45) is 9.50 Å². The molecule has 3 rings (SSSR count). The number of hydrogen-bond acceptors (Lipinski definition) is 8. The van der Waals surface area contributed by atoms with Gasteiger partial charge in [-0.3, -0.25) is 0 Å². The van der Waals surface area contributed by atoms with Crippen molar-refractivity contribution >= 4 is 28.0 Å². The van der Waals surface area contributed by atoms with Crippen LogP contribution in [0.25, 0.3) is 0 Å². The molecule has 0 bridgehead atoms. The van der Waals surface area contributed by atoms with Gasteiger partial charge in [-0.05, 0) is 42.0 Å². The topological polar surface area (TPSA) is 118 Å². The summed E-state index contributed by atoms with van der Waals surface area (Å²) in [6.45, 7) is 0. The molecule has 146 valence electrons. The Labute approximate surface area is 161 Å². The van der Waals surface area contributed by atoms with Gasteiger partial charge in [-0.25, -0.2) is 9.80 Å². The van der Waals surface area contributed by atoms with Gasteiger partial charge in [0.1, 0.15) is 4.90 Å². The van der Waals surface area contributed by atoms with Gasteiger partial charge in [0, 0.05) is 12.6 Å². The van der Waals surface area contributed by atoms with Crippen molar-refractivity contribution in [3.63, 3.8) is 0 Å². The molecule has 0 saturated heterocycles. The molecular weight excluding hydrogens is 386 g/mol. The number of methoxy groups -OCH3 is 2. The molecule has 0 spiro atoms. The summed E-state index contributed by atoms with van der Waals surface area (Å²) in [4.78, 5) is 11.6. The van der Waals surface area contributed by atoms with Crippen molar-refractivity contribution in [2.75, 3.05) is 21.3 Å². The molecule has 0 amide bonds. The van der Waals surface area contributed by atoms with Crippen LogP contribution >= 0.6 is 0 Å². The minimum absolute atomic E-state index is 0.00500. The first-order valence-electron chi connectivity index (χ1n) is 7.99. The zero-order valence-corrected chi connectivity index (χ0v) is 16.1. The minimum Gasteiger partial charge on any atom is -0.504 e. The molecule has 2 aromatic rings. The Morgan fingerprint density at radius 1 is 1.21 bits per heavy atom. The summed E-state index contributed by atoms with van der Waals surface area (Å²) in [5.41, 5.74) is 1.07. The zero-order chi connectivity index (χ0) is 20.5. The van der Waals surface area contributed by atoms with Crippen molar-refractivity contribution in [3.8, 4) is 11.5 Å². The van der Waals surface area contributed by atoms with Crippen LogP contribution in [0.15, 0.2) is 50.8 Å². The second-order valence-electron chi connectivity index (χ2n) is 5.79. The van der Waals surface area contributed by atoms with Crippen LogP contribution in [0, 0.1) is 0 Å². The van der Waals surface area contributed by atoms with Crippen LogP contribution < -0.4 is 4.74 Å². The van der Waals surface area contributed by atoms with Crippen molar-refractivity contribution in [2.45, 2.75) is 4.90 Å². The number of benzene rings is 2. The first-order valence-corrected chi connectivity index (χ1v) is 9.43. The van der Waals surface area contributed by atoms with Crippen LogP contribution in [0.5, 0.6) is 11.5 Å². The number of hydrazone groups is 1. The van der Waals surface area contributed by atoms with Gasteiger partial charge in [0.05, 0.1) is 26.0 Å². The predicted octanol–water partition coefficient (Wildman–Crippen LogP) is 1.60. The van der Waals surface area contributed by atoms with Crippen LogP contribution in [0.3, 0.4) is 0 Å². The number of amidine groups is 1. The molecule has 0 aromatic heterocycles. The highest BCUT2D eigenvalue weighted by atomic mass is 32.2. The summed E-state index contributed by atoms with van der Waals surface area (Å²) in [7, 11) is 0.241. The lowest BCUT2D eigenvalue weighted by Crippen LogP contribution is -2.21. The highest BCUT2D eigenvalue weighted by Crippen LogP contribution is 2.29. The van der Waals surface area contributed by atoms with E-state index in [-0.39, 0.29) is 27.8 Å². The number of aromatic hydroxyl groups is 1.